The second kappa shape index (κ2) is 10.2. The van der Waals surface area contributed by atoms with Gasteiger partial charge in [-0.25, -0.2) is 4.98 Å². The van der Waals surface area contributed by atoms with E-state index < -0.39 is 0 Å². The third kappa shape index (κ3) is 5.42. The number of nitrogens with one attached hydrogen (secondary N) is 1. The zero-order chi connectivity index (χ0) is 22.3. The smallest absolute Gasteiger partial charge is 0.255 e. The predicted octanol–water partition coefficient (Wildman–Crippen LogP) is 3.38. The van der Waals surface area contributed by atoms with Gasteiger partial charge in [-0.2, -0.15) is 0 Å². The van der Waals surface area contributed by atoms with Gasteiger partial charge in [-0.05, 0) is 73.5 Å². The summed E-state index contributed by atoms with van der Waals surface area (Å²) in [7, 11) is 1.62. The molecule has 1 fully saturated rings. The predicted molar refractivity (Wildman–Crippen MR) is 124 cm³/mol. The quantitative estimate of drug-likeness (QED) is 0.596. The van der Waals surface area contributed by atoms with Crippen LogP contribution in [0.3, 0.4) is 0 Å². The van der Waals surface area contributed by atoms with E-state index in [0.717, 1.165) is 49.5 Å². The first-order valence-electron chi connectivity index (χ1n) is 10.9. The van der Waals surface area contributed by atoms with Gasteiger partial charge in [0.1, 0.15) is 11.6 Å². The van der Waals surface area contributed by atoms with Crippen molar-refractivity contribution < 1.29 is 9.53 Å². The van der Waals surface area contributed by atoms with Gasteiger partial charge in [0.2, 0.25) is 0 Å². The Morgan fingerprint density at radius 1 is 1.12 bits per heavy atom. The number of nitrogens with zero attached hydrogens (tertiary/aromatic N) is 3. The number of piperidine rings is 1. The van der Waals surface area contributed by atoms with Crippen molar-refractivity contribution in [1.29, 1.82) is 0 Å². The Morgan fingerprint density at radius 3 is 2.62 bits per heavy atom. The number of carbonyl (C=O) groups is 1. The number of rotatable bonds is 7. The summed E-state index contributed by atoms with van der Waals surface area (Å²) in [5.41, 5.74) is 9.78. The molecule has 2 aromatic heterocycles. The number of aromatic nitrogens is 2. The van der Waals surface area contributed by atoms with Crippen LogP contribution in [0.15, 0.2) is 60.9 Å². The Balaban J connectivity index is 1.32. The van der Waals surface area contributed by atoms with Crippen molar-refractivity contribution in [3.63, 3.8) is 0 Å². The number of methoxy groups -OCH3 is 1. The summed E-state index contributed by atoms with van der Waals surface area (Å²) in [6, 6.07) is 15.5. The molecule has 1 amide bonds. The van der Waals surface area contributed by atoms with Gasteiger partial charge in [0, 0.05) is 37.1 Å². The van der Waals surface area contributed by atoms with Gasteiger partial charge in [0.05, 0.1) is 12.7 Å². The lowest BCUT2D eigenvalue weighted by Crippen LogP contribution is -2.32. The van der Waals surface area contributed by atoms with Crippen LogP contribution in [0.1, 0.15) is 45.9 Å². The summed E-state index contributed by atoms with van der Waals surface area (Å²) in [5, 5.41) is 2.91. The van der Waals surface area contributed by atoms with Crippen molar-refractivity contribution in [2.75, 3.05) is 25.9 Å². The molecule has 3 N–H and O–H groups in total. The largest absolute Gasteiger partial charge is 0.497 e. The zero-order valence-corrected chi connectivity index (χ0v) is 18.3. The summed E-state index contributed by atoms with van der Waals surface area (Å²) in [6.07, 6.45) is 5.73. The fourth-order valence-electron chi connectivity index (χ4n) is 4.10. The van der Waals surface area contributed by atoms with Gasteiger partial charge in [0.25, 0.3) is 5.91 Å². The van der Waals surface area contributed by atoms with Crippen LogP contribution < -0.4 is 15.8 Å². The van der Waals surface area contributed by atoms with Crippen molar-refractivity contribution in [2.24, 2.45) is 0 Å². The molecule has 7 heteroatoms. The van der Waals surface area contributed by atoms with E-state index >= 15 is 0 Å². The van der Waals surface area contributed by atoms with E-state index in [1.165, 1.54) is 5.56 Å². The molecule has 32 heavy (non-hydrogen) atoms. The number of likely N-dealkylation sites (tertiary alicyclic amines) is 1. The maximum absolute atomic E-state index is 12.6. The van der Waals surface area contributed by atoms with Crippen molar-refractivity contribution in [1.82, 2.24) is 20.2 Å². The Morgan fingerprint density at radius 2 is 1.91 bits per heavy atom. The average Bonchev–Trinajstić information content (AvgIpc) is 2.84. The highest BCUT2D eigenvalue weighted by Crippen LogP contribution is 2.28. The lowest BCUT2D eigenvalue weighted by Gasteiger charge is -2.31. The highest BCUT2D eigenvalue weighted by atomic mass is 16.5. The van der Waals surface area contributed by atoms with Crippen molar-refractivity contribution in [3.8, 4) is 5.75 Å². The third-order valence-corrected chi connectivity index (χ3v) is 5.94. The SMILES string of the molecule is COc1cccc(CNC(=O)c2ccc(C3CCN(Cc4ccncc4)CC3)nc2N)c1. The number of amides is 1. The third-order valence-electron chi connectivity index (χ3n) is 5.94. The van der Waals surface area contributed by atoms with Crippen LogP contribution in [0.25, 0.3) is 0 Å². The summed E-state index contributed by atoms with van der Waals surface area (Å²) in [6.45, 7) is 3.36. The van der Waals surface area contributed by atoms with Crippen molar-refractivity contribution >= 4 is 11.7 Å². The molecule has 7 nitrogen and oxygen atoms in total. The first kappa shape index (κ1) is 21.8. The van der Waals surface area contributed by atoms with Crippen LogP contribution >= 0.6 is 0 Å². The molecule has 1 aliphatic rings. The number of pyridine rings is 2. The van der Waals surface area contributed by atoms with Crippen LogP contribution in [0.4, 0.5) is 5.82 Å². The highest BCUT2D eigenvalue weighted by molar-refractivity contribution is 5.98. The van der Waals surface area contributed by atoms with Crippen molar-refractivity contribution in [3.05, 3.63) is 83.3 Å². The van der Waals surface area contributed by atoms with Gasteiger partial charge >= 0.3 is 0 Å². The lowest BCUT2D eigenvalue weighted by molar-refractivity contribution is 0.0951. The molecule has 3 heterocycles. The normalized spacial score (nSPS) is 14.8. The first-order valence-corrected chi connectivity index (χ1v) is 10.9. The van der Waals surface area contributed by atoms with Crippen LogP contribution in [-0.4, -0.2) is 41.0 Å². The molecular weight excluding hydrogens is 402 g/mol. The number of ether oxygens (including phenoxy) is 1. The Kier molecular flexibility index (Phi) is 6.97. The number of hydrogen-bond donors (Lipinski definition) is 2. The number of nitrogen functional groups attached to an aromatic ring is 1. The molecule has 1 saturated heterocycles. The number of benzene rings is 1. The second-order valence-corrected chi connectivity index (χ2v) is 8.11. The summed E-state index contributed by atoms with van der Waals surface area (Å²) in [4.78, 5) is 23.7. The minimum absolute atomic E-state index is 0.225. The highest BCUT2D eigenvalue weighted by Gasteiger charge is 2.23. The topological polar surface area (TPSA) is 93.4 Å². The molecule has 0 bridgehead atoms. The van der Waals surface area contributed by atoms with Gasteiger partial charge < -0.3 is 15.8 Å². The van der Waals surface area contributed by atoms with E-state index in [1.54, 1.807) is 13.2 Å². The van der Waals surface area contributed by atoms with E-state index in [4.69, 9.17) is 10.5 Å². The van der Waals surface area contributed by atoms with Gasteiger partial charge in [-0.15, -0.1) is 0 Å². The maximum atomic E-state index is 12.6. The van der Waals surface area contributed by atoms with Crippen molar-refractivity contribution in [2.45, 2.75) is 31.8 Å². The molecule has 1 aromatic carbocycles. The molecule has 4 rings (SSSR count). The van der Waals surface area contributed by atoms with Crippen LogP contribution in [0.5, 0.6) is 5.75 Å². The van der Waals surface area contributed by atoms with Gasteiger partial charge in [-0.1, -0.05) is 12.1 Å². The molecule has 0 spiro atoms. The minimum Gasteiger partial charge on any atom is -0.497 e. The number of anilines is 1. The van der Waals surface area contributed by atoms with Crippen LogP contribution in [0.2, 0.25) is 0 Å². The molecule has 3 aromatic rings. The Bertz CT molecular complexity index is 1050. The molecule has 0 atom stereocenters. The number of hydrogen-bond acceptors (Lipinski definition) is 6. The lowest BCUT2D eigenvalue weighted by atomic mass is 9.92. The van der Waals surface area contributed by atoms with E-state index in [2.05, 4.69) is 32.3 Å². The van der Waals surface area contributed by atoms with E-state index in [0.29, 0.717) is 18.0 Å². The number of nitrogens with two attached hydrogens (primary N) is 1. The Labute approximate surface area is 188 Å². The monoisotopic (exact) mass is 431 g/mol. The fourth-order valence-corrected chi connectivity index (χ4v) is 4.10. The molecule has 1 aliphatic heterocycles. The minimum atomic E-state index is -0.225. The van der Waals surface area contributed by atoms with Crippen LogP contribution in [-0.2, 0) is 13.1 Å². The molecule has 0 saturated carbocycles. The van der Waals surface area contributed by atoms with Crippen LogP contribution in [0, 0.1) is 0 Å². The fraction of sp³-hybridized carbons (Fsp3) is 0.320. The van der Waals surface area contributed by atoms with E-state index in [1.807, 2.05) is 42.7 Å². The molecule has 0 aliphatic carbocycles. The molecular formula is C25H29N5O2. The maximum Gasteiger partial charge on any atom is 0.255 e. The average molecular weight is 432 g/mol. The second-order valence-electron chi connectivity index (χ2n) is 8.11. The first-order chi connectivity index (χ1) is 15.6. The zero-order valence-electron chi connectivity index (χ0n) is 18.3. The summed E-state index contributed by atoms with van der Waals surface area (Å²) in [5.74, 6) is 1.18. The van der Waals surface area contributed by atoms with Gasteiger partial charge in [-0.3, -0.25) is 14.7 Å². The summed E-state index contributed by atoms with van der Waals surface area (Å²) < 4.78 is 5.22. The van der Waals surface area contributed by atoms with Gasteiger partial charge in [0.15, 0.2) is 0 Å². The summed E-state index contributed by atoms with van der Waals surface area (Å²) >= 11 is 0. The molecule has 166 valence electrons. The van der Waals surface area contributed by atoms with E-state index in [9.17, 15) is 4.79 Å². The standard InChI is InChI=1S/C25H29N5O2/c1-32-21-4-2-3-19(15-21)16-28-25(31)22-5-6-23(29-24(22)26)20-9-13-30(14-10-20)17-18-7-11-27-12-8-18/h2-8,11-12,15,20H,9-10,13-14,16-17H2,1H3,(H2,26,29)(H,28,31). The number of carbonyl (C=O) groups excluding carboxylic acids is 1. The van der Waals surface area contributed by atoms with E-state index in [-0.39, 0.29) is 11.7 Å². The molecule has 0 unspecified atom stereocenters. The molecule has 0 radical (unpaired) electrons. The Hall–Kier alpha value is -3.45.